The number of likely N-dealkylation sites (tertiary alicyclic amines) is 1. The first kappa shape index (κ1) is 27.8. The van der Waals surface area contributed by atoms with E-state index in [1.54, 1.807) is 38.1 Å². The number of benzene rings is 2. The molecular weight excluding hydrogens is 504 g/mol. The SMILES string of the molecule is CC(C)[C@@H](NC(=O)OCc1ccccc1)C(=O)OCN1C(=O)CC[C@@H](N2Cc3c(CN)cccc3C2=O)C1=O. The van der Waals surface area contributed by atoms with Crippen molar-refractivity contribution in [3.63, 3.8) is 0 Å². The summed E-state index contributed by atoms with van der Waals surface area (Å²) in [6.45, 7) is 3.29. The number of rotatable bonds is 9. The lowest BCUT2D eigenvalue weighted by Crippen LogP contribution is -2.55. The molecule has 2 heterocycles. The number of imide groups is 1. The number of nitrogens with two attached hydrogens (primary N) is 1. The van der Waals surface area contributed by atoms with Gasteiger partial charge in [-0.15, -0.1) is 0 Å². The molecule has 2 aromatic carbocycles. The van der Waals surface area contributed by atoms with E-state index in [4.69, 9.17) is 15.2 Å². The van der Waals surface area contributed by atoms with E-state index in [9.17, 15) is 24.0 Å². The van der Waals surface area contributed by atoms with Crippen LogP contribution < -0.4 is 11.1 Å². The van der Waals surface area contributed by atoms with Gasteiger partial charge in [0.05, 0.1) is 0 Å². The van der Waals surface area contributed by atoms with Crippen LogP contribution in [0, 0.1) is 5.92 Å². The zero-order chi connectivity index (χ0) is 28.1. The summed E-state index contributed by atoms with van der Waals surface area (Å²) in [6, 6.07) is 12.4. The van der Waals surface area contributed by atoms with E-state index in [2.05, 4.69) is 5.32 Å². The van der Waals surface area contributed by atoms with E-state index in [0.29, 0.717) is 5.56 Å². The molecule has 2 aromatic rings. The molecule has 11 nitrogen and oxygen atoms in total. The predicted molar refractivity (Wildman–Crippen MR) is 138 cm³/mol. The maximum Gasteiger partial charge on any atom is 0.408 e. The fourth-order valence-electron chi connectivity index (χ4n) is 4.72. The Bertz CT molecular complexity index is 1260. The van der Waals surface area contributed by atoms with Gasteiger partial charge in [0.15, 0.2) is 6.73 Å². The van der Waals surface area contributed by atoms with E-state index in [1.807, 2.05) is 24.3 Å². The highest BCUT2D eigenvalue weighted by molar-refractivity contribution is 6.05. The Kier molecular flexibility index (Phi) is 8.60. The smallest absolute Gasteiger partial charge is 0.408 e. The second-order valence-corrected chi connectivity index (χ2v) is 9.82. The van der Waals surface area contributed by atoms with E-state index in [-0.39, 0.29) is 44.4 Å². The molecule has 2 aliphatic heterocycles. The van der Waals surface area contributed by atoms with Crippen LogP contribution in [0.15, 0.2) is 48.5 Å². The van der Waals surface area contributed by atoms with Crippen molar-refractivity contribution in [2.45, 2.75) is 58.5 Å². The number of nitrogens with one attached hydrogen (secondary N) is 1. The summed E-state index contributed by atoms with van der Waals surface area (Å²) in [5.41, 5.74) is 8.69. The number of nitrogens with zero attached hydrogens (tertiary/aromatic N) is 2. The molecule has 2 atom stereocenters. The van der Waals surface area contributed by atoms with E-state index in [1.165, 1.54) is 4.90 Å². The molecule has 1 saturated heterocycles. The van der Waals surface area contributed by atoms with Gasteiger partial charge in [0, 0.05) is 25.1 Å². The molecule has 0 bridgehead atoms. The number of esters is 1. The molecule has 11 heteroatoms. The third kappa shape index (κ3) is 6.09. The average molecular weight is 537 g/mol. The minimum atomic E-state index is -1.07. The molecule has 0 saturated carbocycles. The molecule has 0 aliphatic carbocycles. The zero-order valence-corrected chi connectivity index (χ0v) is 21.9. The van der Waals surface area contributed by atoms with Gasteiger partial charge in [-0.05, 0) is 35.1 Å². The van der Waals surface area contributed by atoms with Gasteiger partial charge in [-0.2, -0.15) is 0 Å². The van der Waals surface area contributed by atoms with Gasteiger partial charge in [-0.1, -0.05) is 56.3 Å². The summed E-state index contributed by atoms with van der Waals surface area (Å²) < 4.78 is 10.5. The largest absolute Gasteiger partial charge is 0.445 e. The van der Waals surface area contributed by atoms with Crippen LogP contribution in [0.1, 0.15) is 53.7 Å². The Balaban J connectivity index is 1.36. The Morgan fingerprint density at radius 3 is 2.49 bits per heavy atom. The van der Waals surface area contributed by atoms with Crippen LogP contribution in [0.5, 0.6) is 0 Å². The van der Waals surface area contributed by atoms with Gasteiger partial charge in [0.2, 0.25) is 5.91 Å². The summed E-state index contributed by atoms with van der Waals surface area (Å²) in [6.07, 6.45) is -0.623. The lowest BCUT2D eigenvalue weighted by molar-refractivity contribution is -0.165. The van der Waals surface area contributed by atoms with E-state index in [0.717, 1.165) is 21.6 Å². The van der Waals surface area contributed by atoms with Crippen LogP contribution in [0.2, 0.25) is 0 Å². The minimum Gasteiger partial charge on any atom is -0.445 e. The van der Waals surface area contributed by atoms with Crippen LogP contribution in [0.3, 0.4) is 0 Å². The first-order valence-electron chi connectivity index (χ1n) is 12.8. The molecule has 1 fully saturated rings. The second kappa shape index (κ2) is 12.1. The van der Waals surface area contributed by atoms with Crippen molar-refractivity contribution in [1.82, 2.24) is 15.1 Å². The molecule has 0 unspecified atom stereocenters. The lowest BCUT2D eigenvalue weighted by atomic mass is 10.0. The average Bonchev–Trinajstić information content (AvgIpc) is 3.26. The first-order valence-corrected chi connectivity index (χ1v) is 12.8. The fraction of sp³-hybridized carbons (Fsp3) is 0.393. The van der Waals surface area contributed by atoms with Crippen molar-refractivity contribution < 1.29 is 33.4 Å². The molecule has 2 aliphatic rings. The summed E-state index contributed by atoms with van der Waals surface area (Å²) in [5.74, 6) is -2.61. The maximum absolute atomic E-state index is 13.3. The molecule has 39 heavy (non-hydrogen) atoms. The first-order chi connectivity index (χ1) is 18.7. The van der Waals surface area contributed by atoms with Crippen molar-refractivity contribution in [3.05, 3.63) is 70.8 Å². The van der Waals surface area contributed by atoms with Crippen molar-refractivity contribution in [1.29, 1.82) is 0 Å². The van der Waals surface area contributed by atoms with Gasteiger partial charge >= 0.3 is 12.1 Å². The number of piperidine rings is 1. The number of carbonyl (C=O) groups is 5. The van der Waals surface area contributed by atoms with Crippen molar-refractivity contribution in [3.8, 4) is 0 Å². The van der Waals surface area contributed by atoms with Crippen molar-refractivity contribution in [2.75, 3.05) is 6.73 Å². The normalized spacial score (nSPS) is 17.7. The molecule has 0 radical (unpaired) electrons. The Morgan fingerprint density at radius 2 is 1.79 bits per heavy atom. The van der Waals surface area contributed by atoms with Crippen molar-refractivity contribution >= 4 is 29.8 Å². The van der Waals surface area contributed by atoms with Crippen LogP contribution in [-0.4, -0.2) is 58.4 Å². The van der Waals surface area contributed by atoms with Gasteiger partial charge in [0.1, 0.15) is 18.7 Å². The van der Waals surface area contributed by atoms with Gasteiger partial charge in [-0.3, -0.25) is 14.4 Å². The predicted octanol–water partition coefficient (Wildman–Crippen LogP) is 2.07. The standard InChI is InChI=1S/C28H32N4O7/c1-17(2)24(30-28(37)38-15-18-7-4-3-5-8-18)27(36)39-16-32-23(33)12-11-22(26(32)35)31-14-21-19(13-29)9-6-10-20(21)25(31)34/h3-10,17,22,24H,11-16,29H2,1-2H3,(H,30,37)/t22-,24-/m1/s1. The number of hydrogen-bond donors (Lipinski definition) is 2. The molecule has 0 spiro atoms. The van der Waals surface area contributed by atoms with Crippen molar-refractivity contribution in [2.24, 2.45) is 11.7 Å². The summed E-state index contributed by atoms with van der Waals surface area (Å²) >= 11 is 0. The van der Waals surface area contributed by atoms with Gasteiger partial charge in [-0.25, -0.2) is 14.5 Å². The summed E-state index contributed by atoms with van der Waals surface area (Å²) in [5, 5.41) is 2.49. The highest BCUT2D eigenvalue weighted by atomic mass is 16.6. The summed E-state index contributed by atoms with van der Waals surface area (Å²) in [4.78, 5) is 66.4. The monoisotopic (exact) mass is 536 g/mol. The number of fused-ring (bicyclic) bond motifs is 1. The number of carbonyl (C=O) groups excluding carboxylic acids is 5. The minimum absolute atomic E-state index is 0.00942. The topological polar surface area (TPSA) is 148 Å². The Labute approximate surface area is 226 Å². The number of alkyl carbamates (subject to hydrolysis) is 1. The van der Waals surface area contributed by atoms with Crippen LogP contribution in [-0.2, 0) is 43.6 Å². The number of amides is 4. The molecule has 4 rings (SSSR count). The van der Waals surface area contributed by atoms with Crippen LogP contribution in [0.4, 0.5) is 4.79 Å². The molecule has 4 amide bonds. The number of ether oxygens (including phenoxy) is 2. The van der Waals surface area contributed by atoms with E-state index >= 15 is 0 Å². The Hall–Kier alpha value is -4.25. The van der Waals surface area contributed by atoms with Gasteiger partial charge < -0.3 is 25.4 Å². The summed E-state index contributed by atoms with van der Waals surface area (Å²) in [7, 11) is 0. The van der Waals surface area contributed by atoms with Crippen LogP contribution >= 0.6 is 0 Å². The third-order valence-electron chi connectivity index (χ3n) is 6.92. The highest BCUT2D eigenvalue weighted by Crippen LogP contribution is 2.31. The zero-order valence-electron chi connectivity index (χ0n) is 21.9. The Morgan fingerprint density at radius 1 is 1.05 bits per heavy atom. The lowest BCUT2D eigenvalue weighted by Gasteiger charge is -2.35. The number of hydrogen-bond acceptors (Lipinski definition) is 8. The van der Waals surface area contributed by atoms with Crippen LogP contribution in [0.25, 0.3) is 0 Å². The highest BCUT2D eigenvalue weighted by Gasteiger charge is 2.43. The molecular formula is C28H32N4O7. The quantitative estimate of drug-likeness (QED) is 0.366. The van der Waals surface area contributed by atoms with Gasteiger partial charge in [0.25, 0.3) is 11.8 Å². The maximum atomic E-state index is 13.3. The molecule has 206 valence electrons. The van der Waals surface area contributed by atoms with E-state index < -0.39 is 42.7 Å². The molecule has 3 N–H and O–H groups in total. The third-order valence-corrected chi connectivity index (χ3v) is 6.92. The second-order valence-electron chi connectivity index (χ2n) is 9.82. The fourth-order valence-corrected chi connectivity index (χ4v) is 4.72. The molecule has 0 aromatic heterocycles.